The molecule has 1 rings (SSSR count). The highest BCUT2D eigenvalue weighted by Gasteiger charge is 2.34. The quantitative estimate of drug-likeness (QED) is 0.717. The van der Waals surface area contributed by atoms with Crippen LogP contribution in [0.2, 0.25) is 0 Å². The Kier molecular flexibility index (Phi) is 5.57. The third-order valence-electron chi connectivity index (χ3n) is 3.33. The highest BCUT2D eigenvalue weighted by Crippen LogP contribution is 2.22. The highest BCUT2D eigenvalue weighted by molar-refractivity contribution is 5.87. The summed E-state index contributed by atoms with van der Waals surface area (Å²) < 4.78 is 0. The van der Waals surface area contributed by atoms with Gasteiger partial charge in [0.2, 0.25) is 5.91 Å². The number of piperidine rings is 1. The fourth-order valence-electron chi connectivity index (χ4n) is 2.34. The van der Waals surface area contributed by atoms with Crippen molar-refractivity contribution in [3.63, 3.8) is 0 Å². The molecule has 0 spiro atoms. The smallest absolute Gasteiger partial charge is 0.326 e. The monoisotopic (exact) mass is 299 g/mol. The standard InChI is InChI=1S/C14H25N3O4/c1-9-5-6-17(10(7-9)12(19)20)13(21)15-8-11(18)16-14(2,3)4/h9-10H,5-8H2,1-4H3,(H,15,21)(H,16,18)(H,19,20). The number of amides is 3. The molecule has 21 heavy (non-hydrogen) atoms. The Morgan fingerprint density at radius 3 is 2.43 bits per heavy atom. The molecule has 0 saturated carbocycles. The van der Waals surface area contributed by atoms with Gasteiger partial charge in [-0.3, -0.25) is 4.79 Å². The maximum Gasteiger partial charge on any atom is 0.326 e. The summed E-state index contributed by atoms with van der Waals surface area (Å²) in [4.78, 5) is 36.3. The normalized spacial score (nSPS) is 22.6. The number of nitrogens with zero attached hydrogens (tertiary/aromatic N) is 1. The Labute approximate surface area is 125 Å². The molecular formula is C14H25N3O4. The molecule has 2 unspecified atom stereocenters. The van der Waals surface area contributed by atoms with E-state index in [0.717, 1.165) is 6.42 Å². The summed E-state index contributed by atoms with van der Waals surface area (Å²) in [5.74, 6) is -1.02. The predicted molar refractivity (Wildman–Crippen MR) is 77.8 cm³/mol. The number of hydrogen-bond acceptors (Lipinski definition) is 3. The summed E-state index contributed by atoms with van der Waals surface area (Å²) >= 11 is 0. The Morgan fingerprint density at radius 2 is 1.90 bits per heavy atom. The van der Waals surface area contributed by atoms with Crippen molar-refractivity contribution in [3.05, 3.63) is 0 Å². The van der Waals surface area contributed by atoms with Gasteiger partial charge in [0.15, 0.2) is 0 Å². The first-order chi connectivity index (χ1) is 9.60. The van der Waals surface area contributed by atoms with Crippen LogP contribution in [0.5, 0.6) is 0 Å². The van der Waals surface area contributed by atoms with Crippen LogP contribution in [0.4, 0.5) is 4.79 Å². The van der Waals surface area contributed by atoms with Crippen molar-refractivity contribution in [2.45, 2.75) is 52.1 Å². The molecule has 0 aromatic heterocycles. The Balaban J connectivity index is 2.54. The lowest BCUT2D eigenvalue weighted by atomic mass is 9.93. The second kappa shape index (κ2) is 6.78. The SMILES string of the molecule is CC1CCN(C(=O)NCC(=O)NC(C)(C)C)C(C(=O)O)C1. The number of carbonyl (C=O) groups excluding carboxylic acids is 2. The molecule has 0 radical (unpaired) electrons. The van der Waals surface area contributed by atoms with Crippen LogP contribution >= 0.6 is 0 Å². The maximum atomic E-state index is 12.1. The molecule has 1 aliphatic heterocycles. The minimum Gasteiger partial charge on any atom is -0.480 e. The van der Waals surface area contributed by atoms with Crippen LogP contribution < -0.4 is 10.6 Å². The number of hydrogen-bond donors (Lipinski definition) is 3. The van der Waals surface area contributed by atoms with Gasteiger partial charge >= 0.3 is 12.0 Å². The molecule has 7 nitrogen and oxygen atoms in total. The van der Waals surface area contributed by atoms with E-state index in [2.05, 4.69) is 10.6 Å². The zero-order valence-electron chi connectivity index (χ0n) is 13.1. The van der Waals surface area contributed by atoms with E-state index in [1.54, 1.807) is 0 Å². The van der Waals surface area contributed by atoms with Gasteiger partial charge in [0.05, 0.1) is 6.54 Å². The topological polar surface area (TPSA) is 98.7 Å². The van der Waals surface area contributed by atoms with Crippen molar-refractivity contribution in [2.24, 2.45) is 5.92 Å². The summed E-state index contributed by atoms with van der Waals surface area (Å²) in [7, 11) is 0. The van der Waals surface area contributed by atoms with Crippen LogP contribution in [0.3, 0.4) is 0 Å². The number of nitrogens with one attached hydrogen (secondary N) is 2. The molecule has 7 heteroatoms. The number of aliphatic carboxylic acids is 1. The van der Waals surface area contributed by atoms with Gasteiger partial charge in [0.25, 0.3) is 0 Å². The molecule has 1 fully saturated rings. The van der Waals surface area contributed by atoms with E-state index in [-0.39, 0.29) is 23.9 Å². The van der Waals surface area contributed by atoms with Crippen LogP contribution in [-0.4, -0.2) is 52.6 Å². The van der Waals surface area contributed by atoms with E-state index in [9.17, 15) is 19.5 Å². The van der Waals surface area contributed by atoms with Gasteiger partial charge < -0.3 is 20.6 Å². The molecule has 1 aliphatic rings. The zero-order valence-corrected chi connectivity index (χ0v) is 13.1. The Bertz CT molecular complexity index is 417. The first-order valence-electron chi connectivity index (χ1n) is 7.18. The fraction of sp³-hybridized carbons (Fsp3) is 0.786. The number of carboxylic acids is 1. The van der Waals surface area contributed by atoms with Crippen LogP contribution in [0.25, 0.3) is 0 Å². The summed E-state index contributed by atoms with van der Waals surface area (Å²) in [5, 5.41) is 14.4. The molecule has 0 aromatic rings. The summed E-state index contributed by atoms with van der Waals surface area (Å²) in [5.41, 5.74) is -0.369. The molecule has 3 amide bonds. The van der Waals surface area contributed by atoms with Gasteiger partial charge in [-0.2, -0.15) is 0 Å². The van der Waals surface area contributed by atoms with Gasteiger partial charge in [-0.05, 0) is 39.5 Å². The first kappa shape index (κ1) is 17.3. The largest absolute Gasteiger partial charge is 0.480 e. The zero-order chi connectivity index (χ0) is 16.2. The summed E-state index contributed by atoms with van der Waals surface area (Å²) in [6.45, 7) is 7.75. The number of urea groups is 1. The van der Waals surface area contributed by atoms with Gasteiger partial charge in [0.1, 0.15) is 6.04 Å². The average Bonchev–Trinajstić information content (AvgIpc) is 2.33. The van der Waals surface area contributed by atoms with E-state index >= 15 is 0 Å². The first-order valence-corrected chi connectivity index (χ1v) is 7.18. The van der Waals surface area contributed by atoms with E-state index in [0.29, 0.717) is 13.0 Å². The number of carbonyl (C=O) groups is 3. The molecule has 0 aromatic carbocycles. The van der Waals surface area contributed by atoms with E-state index < -0.39 is 18.0 Å². The van der Waals surface area contributed by atoms with Gasteiger partial charge in [-0.1, -0.05) is 6.92 Å². The second-order valence-electron chi connectivity index (χ2n) is 6.63. The van der Waals surface area contributed by atoms with Crippen molar-refractivity contribution in [2.75, 3.05) is 13.1 Å². The summed E-state index contributed by atoms with van der Waals surface area (Å²) in [6.07, 6.45) is 1.21. The summed E-state index contributed by atoms with van der Waals surface area (Å²) in [6, 6.07) is -1.32. The van der Waals surface area contributed by atoms with E-state index in [4.69, 9.17) is 0 Å². The van der Waals surface area contributed by atoms with Crippen LogP contribution in [0.15, 0.2) is 0 Å². The van der Waals surface area contributed by atoms with Crippen molar-refractivity contribution >= 4 is 17.9 Å². The minimum atomic E-state index is -1.00. The molecule has 3 N–H and O–H groups in total. The number of carboxylic acid groups (broad SMARTS) is 1. The molecule has 1 saturated heterocycles. The fourth-order valence-corrected chi connectivity index (χ4v) is 2.34. The van der Waals surface area contributed by atoms with Crippen molar-refractivity contribution in [1.82, 2.24) is 15.5 Å². The lowest BCUT2D eigenvalue weighted by molar-refractivity contribution is -0.143. The number of likely N-dealkylation sites (tertiary alicyclic amines) is 1. The van der Waals surface area contributed by atoms with Crippen molar-refractivity contribution < 1.29 is 19.5 Å². The van der Waals surface area contributed by atoms with Gasteiger partial charge in [0, 0.05) is 12.1 Å². The highest BCUT2D eigenvalue weighted by atomic mass is 16.4. The van der Waals surface area contributed by atoms with E-state index in [1.807, 2.05) is 27.7 Å². The second-order valence-corrected chi connectivity index (χ2v) is 6.63. The van der Waals surface area contributed by atoms with Crippen LogP contribution in [0, 0.1) is 5.92 Å². The van der Waals surface area contributed by atoms with Crippen LogP contribution in [-0.2, 0) is 9.59 Å². The molecule has 2 atom stereocenters. The lowest BCUT2D eigenvalue weighted by Gasteiger charge is -2.35. The lowest BCUT2D eigenvalue weighted by Crippen LogP contribution is -2.55. The molecule has 0 aliphatic carbocycles. The molecular weight excluding hydrogens is 274 g/mol. The third kappa shape index (κ3) is 5.61. The maximum absolute atomic E-state index is 12.1. The van der Waals surface area contributed by atoms with Gasteiger partial charge in [-0.25, -0.2) is 9.59 Å². The van der Waals surface area contributed by atoms with Gasteiger partial charge in [-0.15, -0.1) is 0 Å². The predicted octanol–water partition coefficient (Wildman–Crippen LogP) is 0.796. The Morgan fingerprint density at radius 1 is 1.29 bits per heavy atom. The van der Waals surface area contributed by atoms with Crippen molar-refractivity contribution in [3.8, 4) is 0 Å². The van der Waals surface area contributed by atoms with Crippen LogP contribution in [0.1, 0.15) is 40.5 Å². The molecule has 1 heterocycles. The molecule has 120 valence electrons. The average molecular weight is 299 g/mol. The van der Waals surface area contributed by atoms with E-state index in [1.165, 1.54) is 4.90 Å². The third-order valence-corrected chi connectivity index (χ3v) is 3.33. The van der Waals surface area contributed by atoms with Crippen molar-refractivity contribution in [1.29, 1.82) is 0 Å². The molecule has 0 bridgehead atoms. The Hall–Kier alpha value is -1.79. The number of rotatable bonds is 3. The minimum absolute atomic E-state index is 0.158.